The Hall–Kier alpha value is -1.06. The highest BCUT2D eigenvalue weighted by Crippen LogP contribution is 2.34. The summed E-state index contributed by atoms with van der Waals surface area (Å²) in [5.74, 6) is 3.45. The second-order valence-corrected chi connectivity index (χ2v) is 9.45. The minimum absolute atomic E-state index is 0.735. The molecule has 1 saturated carbocycles. The number of hydrogen-bond donors (Lipinski definition) is 0. The summed E-state index contributed by atoms with van der Waals surface area (Å²) < 4.78 is 6.01. The van der Waals surface area contributed by atoms with E-state index in [1.807, 2.05) is 0 Å². The molecule has 2 unspecified atom stereocenters. The normalized spacial score (nSPS) is 29.8. The topological polar surface area (TPSA) is 15.7 Å². The molecule has 27 heavy (non-hydrogen) atoms. The molecule has 0 radical (unpaired) electrons. The van der Waals surface area contributed by atoms with Gasteiger partial charge in [0.25, 0.3) is 0 Å². The van der Waals surface area contributed by atoms with Crippen molar-refractivity contribution < 1.29 is 4.74 Å². The minimum Gasteiger partial charge on any atom is -0.494 e. The maximum atomic E-state index is 6.01. The van der Waals surface area contributed by atoms with Crippen LogP contribution in [0.4, 0.5) is 0 Å². The molecular weight excluding hydrogens is 332 g/mol. The summed E-state index contributed by atoms with van der Waals surface area (Å²) >= 11 is 0. The fourth-order valence-corrected chi connectivity index (χ4v) is 5.21. The van der Waals surface area contributed by atoms with Crippen molar-refractivity contribution >= 4 is 0 Å². The zero-order chi connectivity index (χ0) is 19.2. The molecule has 0 amide bonds. The van der Waals surface area contributed by atoms with Crippen molar-refractivity contribution in [2.75, 3.05) is 40.3 Å². The molecule has 0 bridgehead atoms. The van der Waals surface area contributed by atoms with E-state index in [0.717, 1.165) is 42.6 Å². The second kappa shape index (κ2) is 9.93. The van der Waals surface area contributed by atoms with Gasteiger partial charge in [-0.05, 0) is 88.1 Å². The molecule has 3 nitrogen and oxygen atoms in total. The summed E-state index contributed by atoms with van der Waals surface area (Å²) in [5, 5.41) is 0. The quantitative estimate of drug-likeness (QED) is 0.625. The highest BCUT2D eigenvalue weighted by molar-refractivity contribution is 5.29. The third-order valence-corrected chi connectivity index (χ3v) is 6.61. The first-order valence-electron chi connectivity index (χ1n) is 11.1. The van der Waals surface area contributed by atoms with Crippen molar-refractivity contribution in [3.63, 3.8) is 0 Å². The van der Waals surface area contributed by atoms with Gasteiger partial charge in [0.05, 0.1) is 6.61 Å². The lowest BCUT2D eigenvalue weighted by atomic mass is 9.81. The molecule has 0 N–H and O–H groups in total. The van der Waals surface area contributed by atoms with Crippen LogP contribution < -0.4 is 4.74 Å². The largest absolute Gasteiger partial charge is 0.494 e. The Morgan fingerprint density at radius 2 is 1.59 bits per heavy atom. The van der Waals surface area contributed by atoms with E-state index < -0.39 is 0 Å². The standard InChI is InChI=1S/C24H40N2O/c1-19-16-20(2)18-26(17-19)14-5-15-27-24-12-8-22(9-13-24)21-6-10-23(11-7-21)25(3)4/h8-9,12-13,19-21,23H,5-7,10-11,14-18H2,1-4H3/t19?,20?,21-,23-. The minimum atomic E-state index is 0.735. The SMILES string of the molecule is CC1CC(C)CN(CCCOc2ccc([C@H]3CC[C@H](N(C)C)CC3)cc2)C1. The Bertz CT molecular complexity index is 538. The number of rotatable bonds is 7. The molecule has 3 heteroatoms. The molecule has 1 aliphatic heterocycles. The van der Waals surface area contributed by atoms with E-state index in [4.69, 9.17) is 4.74 Å². The lowest BCUT2D eigenvalue weighted by molar-refractivity contribution is 0.132. The van der Waals surface area contributed by atoms with E-state index in [9.17, 15) is 0 Å². The Kier molecular flexibility index (Phi) is 7.60. The van der Waals surface area contributed by atoms with Crippen LogP contribution in [-0.2, 0) is 0 Å². The van der Waals surface area contributed by atoms with Crippen molar-refractivity contribution in [2.45, 2.75) is 64.3 Å². The number of benzene rings is 1. The smallest absolute Gasteiger partial charge is 0.119 e. The summed E-state index contributed by atoms with van der Waals surface area (Å²) in [4.78, 5) is 5.01. The van der Waals surface area contributed by atoms with Gasteiger partial charge < -0.3 is 14.5 Å². The van der Waals surface area contributed by atoms with Crippen LogP contribution in [0.15, 0.2) is 24.3 Å². The Balaban J connectivity index is 1.37. The fourth-order valence-electron chi connectivity index (χ4n) is 5.21. The molecular formula is C24H40N2O. The van der Waals surface area contributed by atoms with Gasteiger partial charge in [-0.2, -0.15) is 0 Å². The van der Waals surface area contributed by atoms with Crippen LogP contribution in [0.3, 0.4) is 0 Å². The monoisotopic (exact) mass is 372 g/mol. The van der Waals surface area contributed by atoms with Gasteiger partial charge in [-0.25, -0.2) is 0 Å². The molecule has 2 atom stereocenters. The van der Waals surface area contributed by atoms with Crippen molar-refractivity contribution in [1.82, 2.24) is 9.80 Å². The lowest BCUT2D eigenvalue weighted by Gasteiger charge is -2.34. The summed E-state index contributed by atoms with van der Waals surface area (Å²) in [6.45, 7) is 9.28. The maximum Gasteiger partial charge on any atom is 0.119 e. The van der Waals surface area contributed by atoms with Crippen LogP contribution in [-0.4, -0.2) is 56.2 Å². The van der Waals surface area contributed by atoms with Crippen molar-refractivity contribution in [2.24, 2.45) is 11.8 Å². The lowest BCUT2D eigenvalue weighted by Crippen LogP contribution is -2.39. The van der Waals surface area contributed by atoms with Crippen LogP contribution in [0.5, 0.6) is 5.75 Å². The first kappa shape index (κ1) is 20.7. The first-order chi connectivity index (χ1) is 13.0. The maximum absolute atomic E-state index is 6.01. The molecule has 0 spiro atoms. The summed E-state index contributed by atoms with van der Waals surface area (Å²) in [6, 6.07) is 9.72. The van der Waals surface area contributed by atoms with Gasteiger partial charge in [-0.1, -0.05) is 26.0 Å². The summed E-state index contributed by atoms with van der Waals surface area (Å²) in [5.41, 5.74) is 1.50. The Morgan fingerprint density at radius 3 is 2.19 bits per heavy atom. The van der Waals surface area contributed by atoms with Crippen molar-refractivity contribution in [3.05, 3.63) is 29.8 Å². The average Bonchev–Trinajstić information content (AvgIpc) is 2.65. The van der Waals surface area contributed by atoms with Crippen LogP contribution >= 0.6 is 0 Å². The predicted octanol–water partition coefficient (Wildman–Crippen LogP) is 5.02. The Morgan fingerprint density at radius 1 is 0.963 bits per heavy atom. The molecule has 1 saturated heterocycles. The molecule has 2 fully saturated rings. The fraction of sp³-hybridized carbons (Fsp3) is 0.750. The van der Waals surface area contributed by atoms with Gasteiger partial charge in [0, 0.05) is 25.7 Å². The molecule has 1 aliphatic carbocycles. The van der Waals surface area contributed by atoms with Gasteiger partial charge in [-0.15, -0.1) is 0 Å². The van der Waals surface area contributed by atoms with Gasteiger partial charge in [0.2, 0.25) is 0 Å². The van der Waals surface area contributed by atoms with Crippen molar-refractivity contribution in [1.29, 1.82) is 0 Å². The van der Waals surface area contributed by atoms with Crippen LogP contribution in [0, 0.1) is 11.8 Å². The zero-order valence-corrected chi connectivity index (χ0v) is 18.0. The number of piperidine rings is 1. The van der Waals surface area contributed by atoms with Gasteiger partial charge in [0.15, 0.2) is 0 Å². The van der Waals surface area contributed by atoms with E-state index in [0.29, 0.717) is 0 Å². The van der Waals surface area contributed by atoms with Gasteiger partial charge >= 0.3 is 0 Å². The Labute approximate surface area is 167 Å². The highest BCUT2D eigenvalue weighted by Gasteiger charge is 2.23. The highest BCUT2D eigenvalue weighted by atomic mass is 16.5. The van der Waals surface area contributed by atoms with Crippen LogP contribution in [0.1, 0.15) is 63.9 Å². The average molecular weight is 373 g/mol. The molecule has 2 aliphatic rings. The molecule has 1 aromatic carbocycles. The van der Waals surface area contributed by atoms with Crippen LogP contribution in [0.25, 0.3) is 0 Å². The number of ether oxygens (including phenoxy) is 1. The molecule has 0 aromatic heterocycles. The van der Waals surface area contributed by atoms with E-state index >= 15 is 0 Å². The number of nitrogens with zero attached hydrogens (tertiary/aromatic N) is 2. The van der Waals surface area contributed by atoms with E-state index in [2.05, 4.69) is 62.0 Å². The zero-order valence-electron chi connectivity index (χ0n) is 18.0. The first-order valence-corrected chi connectivity index (χ1v) is 11.1. The van der Waals surface area contributed by atoms with Gasteiger partial charge in [0.1, 0.15) is 5.75 Å². The number of hydrogen-bond acceptors (Lipinski definition) is 3. The molecule has 152 valence electrons. The molecule has 1 heterocycles. The third-order valence-electron chi connectivity index (χ3n) is 6.61. The summed E-state index contributed by atoms with van der Waals surface area (Å²) in [6.07, 6.45) is 7.78. The summed E-state index contributed by atoms with van der Waals surface area (Å²) in [7, 11) is 4.42. The third kappa shape index (κ3) is 6.22. The second-order valence-electron chi connectivity index (χ2n) is 9.45. The number of likely N-dealkylation sites (tertiary alicyclic amines) is 1. The predicted molar refractivity (Wildman–Crippen MR) is 115 cm³/mol. The molecule has 3 rings (SSSR count). The van der Waals surface area contributed by atoms with E-state index in [1.165, 1.54) is 57.3 Å². The van der Waals surface area contributed by atoms with E-state index in [-0.39, 0.29) is 0 Å². The van der Waals surface area contributed by atoms with Crippen LogP contribution in [0.2, 0.25) is 0 Å². The molecule has 1 aromatic rings. The van der Waals surface area contributed by atoms with E-state index in [1.54, 1.807) is 0 Å². The van der Waals surface area contributed by atoms with Gasteiger partial charge in [-0.3, -0.25) is 0 Å². The van der Waals surface area contributed by atoms with Crippen molar-refractivity contribution in [3.8, 4) is 5.75 Å².